The number of benzene rings is 3. The molecule has 0 saturated heterocycles. The highest BCUT2D eigenvalue weighted by Gasteiger charge is 2.27. The molecule has 0 unspecified atom stereocenters. The van der Waals surface area contributed by atoms with Crippen molar-refractivity contribution < 1.29 is 23.5 Å². The molecule has 3 aromatic carbocycles. The van der Waals surface area contributed by atoms with E-state index in [2.05, 4.69) is 5.32 Å². The summed E-state index contributed by atoms with van der Waals surface area (Å²) in [5, 5.41) is 4.62. The Labute approximate surface area is 196 Å². The van der Waals surface area contributed by atoms with Crippen LogP contribution < -0.4 is 15.7 Å². The van der Waals surface area contributed by atoms with Crippen LogP contribution in [0, 0.1) is 12.8 Å². The Morgan fingerprint density at radius 2 is 1.65 bits per heavy atom. The summed E-state index contributed by atoms with van der Waals surface area (Å²) in [4.78, 5) is 37.6. The van der Waals surface area contributed by atoms with E-state index in [1.807, 2.05) is 49.4 Å². The van der Waals surface area contributed by atoms with E-state index in [0.717, 1.165) is 21.9 Å². The summed E-state index contributed by atoms with van der Waals surface area (Å²) in [5.41, 5.74) is 1.48. The molecule has 1 atom stereocenters. The fourth-order valence-corrected chi connectivity index (χ4v) is 3.81. The van der Waals surface area contributed by atoms with Gasteiger partial charge in [0.1, 0.15) is 24.0 Å². The van der Waals surface area contributed by atoms with Crippen molar-refractivity contribution in [3.8, 4) is 5.75 Å². The van der Waals surface area contributed by atoms with Gasteiger partial charge in [0.15, 0.2) is 0 Å². The number of esters is 1. The third-order valence-electron chi connectivity index (χ3n) is 5.52. The highest BCUT2D eigenvalue weighted by Crippen LogP contribution is 2.30. The van der Waals surface area contributed by atoms with E-state index in [-0.39, 0.29) is 18.3 Å². The predicted octanol–water partition coefficient (Wildman–Crippen LogP) is 5.11. The third kappa shape index (κ3) is 4.93. The van der Waals surface area contributed by atoms with E-state index in [0.29, 0.717) is 11.0 Å². The lowest BCUT2D eigenvalue weighted by Crippen LogP contribution is -2.46. The molecule has 0 aliphatic heterocycles. The first-order valence-electron chi connectivity index (χ1n) is 11.0. The van der Waals surface area contributed by atoms with Crippen molar-refractivity contribution in [3.05, 3.63) is 88.3 Å². The smallest absolute Gasteiger partial charge is 0.408 e. The van der Waals surface area contributed by atoms with E-state index in [1.54, 1.807) is 32.0 Å². The van der Waals surface area contributed by atoms with Gasteiger partial charge in [-0.1, -0.05) is 62.4 Å². The Morgan fingerprint density at radius 3 is 2.35 bits per heavy atom. The summed E-state index contributed by atoms with van der Waals surface area (Å²) in [6.45, 7) is 5.52. The maximum atomic E-state index is 12.9. The van der Waals surface area contributed by atoms with Crippen molar-refractivity contribution in [3.63, 3.8) is 0 Å². The molecule has 1 heterocycles. The van der Waals surface area contributed by atoms with Gasteiger partial charge in [-0.05, 0) is 36.1 Å². The van der Waals surface area contributed by atoms with E-state index in [1.165, 1.54) is 6.07 Å². The van der Waals surface area contributed by atoms with Crippen LogP contribution in [0.4, 0.5) is 4.79 Å². The standard InChI is InChI=1S/C27H25NO6/c1-16(2)24(28-27(31)32-15-18-9-5-4-6-10-18)26(30)33-19-13-17(3)23-20-11-7-8-12-21(20)25(29)34-22(23)14-19/h4-14,16,24H,15H2,1-3H3,(H,28,31)/t24-/m0/s1. The van der Waals surface area contributed by atoms with E-state index >= 15 is 0 Å². The summed E-state index contributed by atoms with van der Waals surface area (Å²) < 4.78 is 16.3. The van der Waals surface area contributed by atoms with Gasteiger partial charge in [0, 0.05) is 16.8 Å². The van der Waals surface area contributed by atoms with Crippen LogP contribution in [0.5, 0.6) is 5.75 Å². The number of hydrogen-bond donors (Lipinski definition) is 1. The number of aryl methyl sites for hydroxylation is 1. The molecule has 34 heavy (non-hydrogen) atoms. The number of alkyl carbamates (subject to hydrolysis) is 1. The zero-order valence-electron chi connectivity index (χ0n) is 19.2. The van der Waals surface area contributed by atoms with E-state index < -0.39 is 23.7 Å². The first-order valence-corrected chi connectivity index (χ1v) is 11.0. The third-order valence-corrected chi connectivity index (χ3v) is 5.52. The second kappa shape index (κ2) is 9.79. The second-order valence-electron chi connectivity index (χ2n) is 8.40. The van der Waals surface area contributed by atoms with Crippen molar-refractivity contribution in [1.29, 1.82) is 0 Å². The monoisotopic (exact) mass is 459 g/mol. The second-order valence-corrected chi connectivity index (χ2v) is 8.40. The molecule has 0 bridgehead atoms. The largest absolute Gasteiger partial charge is 0.445 e. The quantitative estimate of drug-likeness (QED) is 0.186. The van der Waals surface area contributed by atoms with Crippen LogP contribution in [0.3, 0.4) is 0 Å². The Morgan fingerprint density at radius 1 is 0.971 bits per heavy atom. The lowest BCUT2D eigenvalue weighted by molar-refractivity contribution is -0.137. The molecular weight excluding hydrogens is 434 g/mol. The summed E-state index contributed by atoms with van der Waals surface area (Å²) >= 11 is 0. The molecule has 0 radical (unpaired) electrons. The van der Waals surface area contributed by atoms with Crippen LogP contribution in [-0.4, -0.2) is 18.1 Å². The zero-order chi connectivity index (χ0) is 24.2. The minimum Gasteiger partial charge on any atom is -0.445 e. The predicted molar refractivity (Wildman–Crippen MR) is 129 cm³/mol. The van der Waals surface area contributed by atoms with Crippen LogP contribution in [-0.2, 0) is 16.1 Å². The molecule has 1 aromatic heterocycles. The van der Waals surface area contributed by atoms with Crippen LogP contribution in [0.15, 0.2) is 75.9 Å². The molecular formula is C27H25NO6. The molecule has 4 rings (SSSR count). The first-order chi connectivity index (χ1) is 16.3. The molecule has 1 N–H and O–H groups in total. The molecule has 1 amide bonds. The molecule has 7 heteroatoms. The average Bonchev–Trinajstić information content (AvgIpc) is 2.81. The minimum atomic E-state index is -0.928. The molecule has 0 saturated carbocycles. The van der Waals surface area contributed by atoms with Gasteiger partial charge in [-0.15, -0.1) is 0 Å². The van der Waals surface area contributed by atoms with Gasteiger partial charge < -0.3 is 19.2 Å². The molecule has 7 nitrogen and oxygen atoms in total. The fraction of sp³-hybridized carbons (Fsp3) is 0.222. The molecule has 4 aromatic rings. The van der Waals surface area contributed by atoms with Crippen LogP contribution in [0.25, 0.3) is 21.7 Å². The lowest BCUT2D eigenvalue weighted by atomic mass is 10.0. The van der Waals surface area contributed by atoms with Gasteiger partial charge in [-0.3, -0.25) is 0 Å². The number of carbonyl (C=O) groups excluding carboxylic acids is 2. The average molecular weight is 459 g/mol. The maximum absolute atomic E-state index is 12.9. The van der Waals surface area contributed by atoms with Crippen LogP contribution in [0.1, 0.15) is 25.0 Å². The zero-order valence-corrected chi connectivity index (χ0v) is 19.2. The van der Waals surface area contributed by atoms with Crippen molar-refractivity contribution in [2.24, 2.45) is 5.92 Å². The Kier molecular flexibility index (Phi) is 6.63. The normalized spacial score (nSPS) is 12.0. The number of amides is 1. The SMILES string of the molecule is Cc1cc(OC(=O)[C@@H](NC(=O)OCc2ccccc2)C(C)C)cc2oc(=O)c3ccccc3c12. The van der Waals surface area contributed by atoms with Gasteiger partial charge >= 0.3 is 17.7 Å². The lowest BCUT2D eigenvalue weighted by Gasteiger charge is -2.20. The fourth-order valence-electron chi connectivity index (χ4n) is 3.81. The Balaban J connectivity index is 1.52. The highest BCUT2D eigenvalue weighted by molar-refractivity contribution is 6.06. The molecule has 0 spiro atoms. The number of hydrogen-bond acceptors (Lipinski definition) is 6. The topological polar surface area (TPSA) is 94.8 Å². The van der Waals surface area contributed by atoms with Gasteiger partial charge in [0.05, 0.1) is 5.39 Å². The highest BCUT2D eigenvalue weighted by atomic mass is 16.6. The van der Waals surface area contributed by atoms with Crippen molar-refractivity contribution in [2.75, 3.05) is 0 Å². The number of fused-ring (bicyclic) bond motifs is 3. The summed E-state index contributed by atoms with van der Waals surface area (Å²) in [7, 11) is 0. The summed E-state index contributed by atoms with van der Waals surface area (Å²) in [5.74, 6) is -0.674. The van der Waals surface area contributed by atoms with Gasteiger partial charge in [-0.25, -0.2) is 14.4 Å². The Bertz CT molecular complexity index is 1410. The molecule has 0 aliphatic rings. The minimum absolute atomic E-state index is 0.0867. The molecule has 0 fully saturated rings. The number of nitrogens with one attached hydrogen (secondary N) is 1. The van der Waals surface area contributed by atoms with Crippen LogP contribution >= 0.6 is 0 Å². The van der Waals surface area contributed by atoms with E-state index in [9.17, 15) is 14.4 Å². The van der Waals surface area contributed by atoms with Gasteiger partial charge in [0.25, 0.3) is 0 Å². The summed E-state index contributed by atoms with van der Waals surface area (Å²) in [6.07, 6.45) is -0.716. The van der Waals surface area contributed by atoms with Crippen molar-refractivity contribution >= 4 is 33.8 Å². The van der Waals surface area contributed by atoms with Gasteiger partial charge in [0.2, 0.25) is 0 Å². The summed E-state index contributed by atoms with van der Waals surface area (Å²) in [6, 6.07) is 18.7. The number of rotatable bonds is 6. The maximum Gasteiger partial charge on any atom is 0.408 e. The first kappa shape index (κ1) is 23.0. The van der Waals surface area contributed by atoms with Crippen molar-refractivity contribution in [2.45, 2.75) is 33.4 Å². The molecule has 174 valence electrons. The van der Waals surface area contributed by atoms with Crippen molar-refractivity contribution in [1.82, 2.24) is 5.32 Å². The van der Waals surface area contributed by atoms with E-state index in [4.69, 9.17) is 13.9 Å². The van der Waals surface area contributed by atoms with Gasteiger partial charge in [-0.2, -0.15) is 0 Å². The molecule has 0 aliphatic carbocycles. The number of carbonyl (C=O) groups is 2. The Hall–Kier alpha value is -4.13. The number of ether oxygens (including phenoxy) is 2. The van der Waals surface area contributed by atoms with Crippen LogP contribution in [0.2, 0.25) is 0 Å².